The minimum atomic E-state index is -3.37. The van der Waals surface area contributed by atoms with Gasteiger partial charge in [0, 0.05) is 25.7 Å². The summed E-state index contributed by atoms with van der Waals surface area (Å²) < 4.78 is 26.4. The van der Waals surface area contributed by atoms with E-state index in [0.29, 0.717) is 24.3 Å². The van der Waals surface area contributed by atoms with Gasteiger partial charge in [0.05, 0.1) is 5.69 Å². The van der Waals surface area contributed by atoms with Gasteiger partial charge in [-0.15, -0.1) is 0 Å². The van der Waals surface area contributed by atoms with Crippen molar-refractivity contribution >= 4 is 21.7 Å². The van der Waals surface area contributed by atoms with Gasteiger partial charge in [0.15, 0.2) is 5.78 Å². The maximum absolute atomic E-state index is 11.9. The lowest BCUT2D eigenvalue weighted by molar-refractivity contribution is 0.101. The van der Waals surface area contributed by atoms with Gasteiger partial charge < -0.3 is 0 Å². The number of ketones is 1. The smallest absolute Gasteiger partial charge is 0.295 e. The molecule has 0 N–H and O–H groups in total. The number of Topliss-reactive ketones (excluding diaryl/α,β-unsaturated/α-hetero) is 1. The summed E-state index contributed by atoms with van der Waals surface area (Å²) in [5.74, 6) is -0.0297. The van der Waals surface area contributed by atoms with Crippen molar-refractivity contribution in [3.05, 3.63) is 29.8 Å². The number of anilines is 1. The predicted molar refractivity (Wildman–Crippen MR) is 65.3 cm³/mol. The molecule has 0 unspecified atom stereocenters. The first-order valence-corrected chi connectivity index (χ1v) is 6.67. The zero-order valence-corrected chi connectivity index (χ0v) is 10.6. The molecule has 0 bridgehead atoms. The van der Waals surface area contributed by atoms with Gasteiger partial charge in [0.25, 0.3) is 0 Å². The topological polar surface area (TPSA) is 57.7 Å². The molecule has 1 aliphatic rings. The molecule has 92 valence electrons. The van der Waals surface area contributed by atoms with Crippen LogP contribution in [0, 0.1) is 0 Å². The average Bonchev–Trinajstić information content (AvgIpc) is 2.54. The number of hydrogen-bond acceptors (Lipinski definition) is 3. The van der Waals surface area contributed by atoms with Crippen LogP contribution in [0.4, 0.5) is 5.69 Å². The van der Waals surface area contributed by atoms with Gasteiger partial charge >= 0.3 is 10.2 Å². The molecule has 0 amide bonds. The Hall–Kier alpha value is -1.40. The lowest BCUT2D eigenvalue weighted by atomic mass is 10.1. The molecule has 1 fully saturated rings. The van der Waals surface area contributed by atoms with E-state index in [9.17, 15) is 13.2 Å². The van der Waals surface area contributed by atoms with E-state index in [1.54, 1.807) is 31.3 Å². The molecule has 5 nitrogen and oxygen atoms in total. The van der Waals surface area contributed by atoms with E-state index in [4.69, 9.17) is 0 Å². The van der Waals surface area contributed by atoms with E-state index in [1.165, 1.54) is 15.5 Å². The maximum atomic E-state index is 11.9. The highest BCUT2D eigenvalue weighted by Crippen LogP contribution is 2.24. The number of carbonyl (C=O) groups is 1. The van der Waals surface area contributed by atoms with Gasteiger partial charge in [-0.2, -0.15) is 12.7 Å². The molecule has 1 aliphatic heterocycles. The largest absolute Gasteiger partial charge is 0.303 e. The Morgan fingerprint density at radius 2 is 1.76 bits per heavy atom. The lowest BCUT2D eigenvalue weighted by Crippen LogP contribution is -2.30. The summed E-state index contributed by atoms with van der Waals surface area (Å²) in [6.07, 6.45) is 0. The SMILES string of the molecule is CC(=O)c1ccc(N2CCN(C)S2(=O)=O)cc1. The summed E-state index contributed by atoms with van der Waals surface area (Å²) in [6.45, 7) is 2.41. The Bertz CT molecular complexity index is 536. The third-order valence-electron chi connectivity index (χ3n) is 2.85. The van der Waals surface area contributed by atoms with Crippen LogP contribution in [0.15, 0.2) is 24.3 Å². The van der Waals surface area contributed by atoms with Crippen molar-refractivity contribution in [2.75, 3.05) is 24.4 Å². The van der Waals surface area contributed by atoms with Gasteiger partial charge in [-0.25, -0.2) is 0 Å². The molecule has 1 aromatic rings. The van der Waals surface area contributed by atoms with Crippen LogP contribution in [-0.4, -0.2) is 38.6 Å². The van der Waals surface area contributed by atoms with Gasteiger partial charge in [0.2, 0.25) is 0 Å². The van der Waals surface area contributed by atoms with E-state index in [0.717, 1.165) is 0 Å². The van der Waals surface area contributed by atoms with E-state index in [2.05, 4.69) is 0 Å². The normalized spacial score (nSPS) is 19.5. The monoisotopic (exact) mass is 254 g/mol. The minimum Gasteiger partial charge on any atom is -0.295 e. The lowest BCUT2D eigenvalue weighted by Gasteiger charge is -2.17. The second-order valence-electron chi connectivity index (χ2n) is 4.00. The van der Waals surface area contributed by atoms with Crippen LogP contribution in [-0.2, 0) is 10.2 Å². The molecule has 0 aromatic heterocycles. The number of likely N-dealkylation sites (N-methyl/N-ethyl adjacent to an activating group) is 1. The Kier molecular flexibility index (Phi) is 2.92. The highest BCUT2D eigenvalue weighted by molar-refractivity contribution is 7.90. The summed E-state index contributed by atoms with van der Waals surface area (Å²) in [4.78, 5) is 11.1. The highest BCUT2D eigenvalue weighted by atomic mass is 32.2. The van der Waals surface area contributed by atoms with Crippen molar-refractivity contribution in [1.82, 2.24) is 4.31 Å². The van der Waals surface area contributed by atoms with Crippen molar-refractivity contribution in [3.63, 3.8) is 0 Å². The molecule has 0 atom stereocenters. The average molecular weight is 254 g/mol. The van der Waals surface area contributed by atoms with Crippen molar-refractivity contribution in [1.29, 1.82) is 0 Å². The Morgan fingerprint density at radius 3 is 2.18 bits per heavy atom. The summed E-state index contributed by atoms with van der Waals surface area (Å²) in [5.41, 5.74) is 1.18. The molecule has 0 aliphatic carbocycles. The van der Waals surface area contributed by atoms with Crippen LogP contribution in [0.1, 0.15) is 17.3 Å². The number of carbonyl (C=O) groups excluding carboxylic acids is 1. The summed E-state index contributed by atoms with van der Waals surface area (Å²) in [5, 5.41) is 0. The second kappa shape index (κ2) is 4.12. The zero-order valence-electron chi connectivity index (χ0n) is 9.75. The fourth-order valence-electron chi connectivity index (χ4n) is 1.76. The third-order valence-corrected chi connectivity index (χ3v) is 4.77. The molecule has 0 radical (unpaired) electrons. The first-order chi connectivity index (χ1) is 7.93. The van der Waals surface area contributed by atoms with Crippen LogP contribution in [0.2, 0.25) is 0 Å². The minimum absolute atomic E-state index is 0.0297. The molecular weight excluding hydrogens is 240 g/mol. The van der Waals surface area contributed by atoms with E-state index >= 15 is 0 Å². The number of hydrogen-bond donors (Lipinski definition) is 0. The Morgan fingerprint density at radius 1 is 1.18 bits per heavy atom. The van der Waals surface area contributed by atoms with E-state index in [-0.39, 0.29) is 5.78 Å². The molecule has 2 rings (SSSR count). The van der Waals surface area contributed by atoms with Crippen LogP contribution >= 0.6 is 0 Å². The number of rotatable bonds is 2. The molecule has 0 spiro atoms. The molecular formula is C11H14N2O3S. The quantitative estimate of drug-likeness (QED) is 0.736. The molecule has 1 heterocycles. The van der Waals surface area contributed by atoms with Crippen molar-refractivity contribution in [2.24, 2.45) is 0 Å². The van der Waals surface area contributed by atoms with Gasteiger partial charge in [-0.1, -0.05) is 0 Å². The van der Waals surface area contributed by atoms with Gasteiger partial charge in [-0.3, -0.25) is 9.10 Å². The standard InChI is InChI=1S/C11H14N2O3S/c1-9(14)10-3-5-11(6-4-10)13-8-7-12(2)17(13,15)16/h3-6H,7-8H2,1-2H3. The highest BCUT2D eigenvalue weighted by Gasteiger charge is 2.33. The maximum Gasteiger partial charge on any atom is 0.303 e. The third kappa shape index (κ3) is 2.05. The second-order valence-corrected chi connectivity index (χ2v) is 5.96. The number of nitrogens with zero attached hydrogens (tertiary/aromatic N) is 2. The predicted octanol–water partition coefficient (Wildman–Crippen LogP) is 0.886. The molecule has 1 saturated heterocycles. The molecule has 6 heteroatoms. The number of benzene rings is 1. The van der Waals surface area contributed by atoms with Gasteiger partial charge in [0.1, 0.15) is 0 Å². The Labute approximate surface area is 101 Å². The fraction of sp³-hybridized carbons (Fsp3) is 0.364. The first-order valence-electron chi connectivity index (χ1n) is 5.28. The van der Waals surface area contributed by atoms with Gasteiger partial charge in [-0.05, 0) is 31.2 Å². The van der Waals surface area contributed by atoms with Crippen molar-refractivity contribution < 1.29 is 13.2 Å². The zero-order chi connectivity index (χ0) is 12.6. The van der Waals surface area contributed by atoms with Crippen LogP contribution in [0.5, 0.6) is 0 Å². The first kappa shape index (κ1) is 12.1. The van der Waals surface area contributed by atoms with Crippen LogP contribution in [0.3, 0.4) is 0 Å². The summed E-state index contributed by atoms with van der Waals surface area (Å²) in [7, 11) is -1.82. The molecule has 1 aromatic carbocycles. The summed E-state index contributed by atoms with van der Waals surface area (Å²) in [6, 6.07) is 6.61. The van der Waals surface area contributed by atoms with Crippen molar-refractivity contribution in [2.45, 2.75) is 6.92 Å². The summed E-state index contributed by atoms with van der Waals surface area (Å²) >= 11 is 0. The Balaban J connectivity index is 2.33. The van der Waals surface area contributed by atoms with Crippen LogP contribution < -0.4 is 4.31 Å². The molecule has 17 heavy (non-hydrogen) atoms. The van der Waals surface area contributed by atoms with Crippen LogP contribution in [0.25, 0.3) is 0 Å². The molecule has 0 saturated carbocycles. The van der Waals surface area contributed by atoms with E-state index in [1.807, 2.05) is 0 Å². The fourth-order valence-corrected chi connectivity index (χ4v) is 3.10. The van der Waals surface area contributed by atoms with Crippen molar-refractivity contribution in [3.8, 4) is 0 Å². The van der Waals surface area contributed by atoms with E-state index < -0.39 is 10.2 Å².